The van der Waals surface area contributed by atoms with Gasteiger partial charge in [0.25, 0.3) is 0 Å². The zero-order valence-corrected chi connectivity index (χ0v) is 13.5. The maximum Gasteiger partial charge on any atom is 0.247 e. The molecule has 1 saturated heterocycles. The maximum absolute atomic E-state index is 11.7. The monoisotopic (exact) mass is 314 g/mol. The second-order valence-corrected chi connectivity index (χ2v) is 5.91. The van der Waals surface area contributed by atoms with E-state index in [1.54, 1.807) is 7.05 Å². The number of hydrogen-bond donors (Lipinski definition) is 1. The Bertz CT molecular complexity index is 648. The van der Waals surface area contributed by atoms with Crippen molar-refractivity contribution in [3.05, 3.63) is 36.2 Å². The maximum atomic E-state index is 11.7. The van der Waals surface area contributed by atoms with Gasteiger partial charge in [0.15, 0.2) is 0 Å². The molecule has 23 heavy (non-hydrogen) atoms. The number of nitrogens with one attached hydrogen (secondary N) is 1. The van der Waals surface area contributed by atoms with Gasteiger partial charge >= 0.3 is 0 Å². The molecule has 0 aliphatic carbocycles. The van der Waals surface area contributed by atoms with Gasteiger partial charge in [-0.15, -0.1) is 10.2 Å². The van der Waals surface area contributed by atoms with E-state index in [0.717, 1.165) is 31.5 Å². The first-order valence-corrected chi connectivity index (χ1v) is 8.03. The highest BCUT2D eigenvalue weighted by Crippen LogP contribution is 2.27. The lowest BCUT2D eigenvalue weighted by Gasteiger charge is -2.33. The van der Waals surface area contributed by atoms with Crippen LogP contribution in [0.5, 0.6) is 0 Å². The van der Waals surface area contributed by atoms with Crippen molar-refractivity contribution >= 4 is 5.91 Å². The molecule has 1 aromatic heterocycles. The lowest BCUT2D eigenvalue weighted by atomic mass is 9.95. The van der Waals surface area contributed by atoms with Gasteiger partial charge in [0.2, 0.25) is 17.7 Å². The van der Waals surface area contributed by atoms with Gasteiger partial charge in [0, 0.05) is 18.5 Å². The standard InChI is InChI=1S/C17H22N4O2/c1-12(21-10-8-13(9-11-21)15(22)18-2)16-19-20-17(23-16)14-6-4-3-5-7-14/h3-7,12-13H,8-11H2,1-2H3,(H,18,22). The molecular formula is C17H22N4O2. The molecule has 1 fully saturated rings. The second kappa shape index (κ2) is 6.91. The van der Waals surface area contributed by atoms with Gasteiger partial charge in [-0.2, -0.15) is 0 Å². The summed E-state index contributed by atoms with van der Waals surface area (Å²) in [6, 6.07) is 9.83. The Balaban J connectivity index is 1.64. The quantitative estimate of drug-likeness (QED) is 0.937. The molecule has 6 heteroatoms. The first kappa shape index (κ1) is 15.7. The molecule has 0 saturated carbocycles. The van der Waals surface area contributed by atoms with Crippen LogP contribution in [-0.4, -0.2) is 41.1 Å². The minimum atomic E-state index is 0.0607. The third kappa shape index (κ3) is 3.42. The number of likely N-dealkylation sites (tertiary alicyclic amines) is 1. The van der Waals surface area contributed by atoms with Crippen LogP contribution in [0.1, 0.15) is 31.7 Å². The Hall–Kier alpha value is -2.21. The van der Waals surface area contributed by atoms with E-state index in [4.69, 9.17) is 4.42 Å². The number of piperidine rings is 1. The van der Waals surface area contributed by atoms with Gasteiger partial charge < -0.3 is 9.73 Å². The molecule has 1 unspecified atom stereocenters. The van der Waals surface area contributed by atoms with Crippen molar-refractivity contribution in [1.82, 2.24) is 20.4 Å². The molecule has 3 rings (SSSR count). The van der Waals surface area contributed by atoms with E-state index in [1.807, 2.05) is 30.3 Å². The third-order valence-corrected chi connectivity index (χ3v) is 4.51. The number of hydrogen-bond acceptors (Lipinski definition) is 5. The summed E-state index contributed by atoms with van der Waals surface area (Å²) in [5.74, 6) is 1.43. The highest BCUT2D eigenvalue weighted by molar-refractivity contribution is 5.78. The van der Waals surface area contributed by atoms with Crippen molar-refractivity contribution in [3.8, 4) is 11.5 Å². The van der Waals surface area contributed by atoms with E-state index in [9.17, 15) is 4.79 Å². The molecule has 2 heterocycles. The van der Waals surface area contributed by atoms with Crippen molar-refractivity contribution in [1.29, 1.82) is 0 Å². The molecule has 1 atom stereocenters. The number of rotatable bonds is 4. The molecular weight excluding hydrogens is 292 g/mol. The van der Waals surface area contributed by atoms with E-state index >= 15 is 0 Å². The Kier molecular flexibility index (Phi) is 4.71. The molecule has 1 amide bonds. The molecule has 2 aromatic rings. The minimum absolute atomic E-state index is 0.0607. The average Bonchev–Trinajstić information content (AvgIpc) is 3.11. The summed E-state index contributed by atoms with van der Waals surface area (Å²) in [7, 11) is 1.70. The predicted octanol–water partition coefficient (Wildman–Crippen LogP) is 2.26. The summed E-state index contributed by atoms with van der Waals surface area (Å²) in [5, 5.41) is 11.1. The molecule has 1 aliphatic rings. The van der Waals surface area contributed by atoms with E-state index in [1.165, 1.54) is 0 Å². The largest absolute Gasteiger partial charge is 0.419 e. The molecule has 0 radical (unpaired) electrons. The van der Waals surface area contributed by atoms with Crippen molar-refractivity contribution in [2.45, 2.75) is 25.8 Å². The normalized spacial score (nSPS) is 17.8. The van der Waals surface area contributed by atoms with Crippen LogP contribution < -0.4 is 5.32 Å². The van der Waals surface area contributed by atoms with E-state index in [0.29, 0.717) is 11.8 Å². The van der Waals surface area contributed by atoms with Crippen LogP contribution in [0, 0.1) is 5.92 Å². The summed E-state index contributed by atoms with van der Waals surface area (Å²) in [4.78, 5) is 14.0. The second-order valence-electron chi connectivity index (χ2n) is 5.91. The number of amides is 1. The smallest absolute Gasteiger partial charge is 0.247 e. The van der Waals surface area contributed by atoms with Crippen LogP contribution in [0.3, 0.4) is 0 Å². The summed E-state index contributed by atoms with van der Waals surface area (Å²) in [6.07, 6.45) is 1.73. The number of carbonyl (C=O) groups is 1. The zero-order chi connectivity index (χ0) is 16.2. The average molecular weight is 314 g/mol. The molecule has 1 aliphatic heterocycles. The molecule has 0 spiro atoms. The van der Waals surface area contributed by atoms with Crippen LogP contribution in [0.4, 0.5) is 0 Å². The SMILES string of the molecule is CNC(=O)C1CCN(C(C)c2nnc(-c3ccccc3)o2)CC1. The number of nitrogens with zero attached hydrogens (tertiary/aromatic N) is 3. The summed E-state index contributed by atoms with van der Waals surface area (Å²) in [6.45, 7) is 3.80. The Morgan fingerprint density at radius 2 is 1.96 bits per heavy atom. The van der Waals surface area contributed by atoms with Gasteiger partial charge in [-0.1, -0.05) is 18.2 Å². The summed E-state index contributed by atoms with van der Waals surface area (Å²) in [5.41, 5.74) is 0.928. The predicted molar refractivity (Wildman–Crippen MR) is 86.5 cm³/mol. The first-order chi connectivity index (χ1) is 11.2. The Morgan fingerprint density at radius 1 is 1.26 bits per heavy atom. The Labute approximate surface area is 135 Å². The van der Waals surface area contributed by atoms with Gasteiger partial charge in [-0.3, -0.25) is 9.69 Å². The van der Waals surface area contributed by atoms with Crippen molar-refractivity contribution in [3.63, 3.8) is 0 Å². The van der Waals surface area contributed by atoms with Crippen LogP contribution >= 0.6 is 0 Å². The molecule has 1 aromatic carbocycles. The molecule has 122 valence electrons. The van der Waals surface area contributed by atoms with Gasteiger partial charge in [0.1, 0.15) is 0 Å². The van der Waals surface area contributed by atoms with E-state index in [2.05, 4.69) is 27.3 Å². The lowest BCUT2D eigenvalue weighted by Crippen LogP contribution is -2.40. The van der Waals surface area contributed by atoms with E-state index < -0.39 is 0 Å². The number of carbonyl (C=O) groups excluding carboxylic acids is 1. The summed E-state index contributed by atoms with van der Waals surface area (Å²) >= 11 is 0. The first-order valence-electron chi connectivity index (χ1n) is 8.03. The highest BCUT2D eigenvalue weighted by atomic mass is 16.4. The van der Waals surface area contributed by atoms with Crippen molar-refractivity contribution in [2.24, 2.45) is 5.92 Å². The van der Waals surface area contributed by atoms with Crippen LogP contribution in [0.15, 0.2) is 34.7 Å². The lowest BCUT2D eigenvalue weighted by molar-refractivity contribution is -0.126. The zero-order valence-electron chi connectivity index (χ0n) is 13.5. The number of benzene rings is 1. The summed E-state index contributed by atoms with van der Waals surface area (Å²) < 4.78 is 5.84. The fourth-order valence-corrected chi connectivity index (χ4v) is 3.01. The van der Waals surface area contributed by atoms with Crippen LogP contribution in [-0.2, 0) is 4.79 Å². The van der Waals surface area contributed by atoms with E-state index in [-0.39, 0.29) is 17.9 Å². The van der Waals surface area contributed by atoms with Crippen molar-refractivity contribution < 1.29 is 9.21 Å². The van der Waals surface area contributed by atoms with Gasteiger partial charge in [-0.25, -0.2) is 0 Å². The van der Waals surface area contributed by atoms with Crippen molar-refractivity contribution in [2.75, 3.05) is 20.1 Å². The third-order valence-electron chi connectivity index (χ3n) is 4.51. The van der Waals surface area contributed by atoms with Gasteiger partial charge in [0.05, 0.1) is 6.04 Å². The fraction of sp³-hybridized carbons (Fsp3) is 0.471. The topological polar surface area (TPSA) is 71.3 Å². The van der Waals surface area contributed by atoms with Crippen LogP contribution in [0.2, 0.25) is 0 Å². The molecule has 0 bridgehead atoms. The Morgan fingerprint density at radius 3 is 2.61 bits per heavy atom. The minimum Gasteiger partial charge on any atom is -0.419 e. The highest BCUT2D eigenvalue weighted by Gasteiger charge is 2.29. The van der Waals surface area contributed by atoms with Gasteiger partial charge in [-0.05, 0) is 45.0 Å². The molecule has 1 N–H and O–H groups in total. The number of aromatic nitrogens is 2. The van der Waals surface area contributed by atoms with Crippen LogP contribution in [0.25, 0.3) is 11.5 Å². The fourth-order valence-electron chi connectivity index (χ4n) is 3.01. The molecule has 6 nitrogen and oxygen atoms in total.